The highest BCUT2D eigenvalue weighted by molar-refractivity contribution is 7.98. The van der Waals surface area contributed by atoms with E-state index in [4.69, 9.17) is 0 Å². The van der Waals surface area contributed by atoms with E-state index in [0.29, 0.717) is 0 Å². The highest BCUT2D eigenvalue weighted by atomic mass is 32.2. The molecule has 2 nitrogen and oxygen atoms in total. The van der Waals surface area contributed by atoms with Crippen LogP contribution in [-0.4, -0.2) is 23.2 Å². The van der Waals surface area contributed by atoms with Crippen molar-refractivity contribution in [2.75, 3.05) is 12.4 Å². The minimum Gasteiger partial charge on any atom is -0.341 e. The number of hydrogen-bond donors (Lipinski definition) is 0. The van der Waals surface area contributed by atoms with Crippen molar-refractivity contribution >= 4 is 17.8 Å². The predicted molar refractivity (Wildman–Crippen MR) is 35.7 cm³/mol. The highest BCUT2D eigenvalue weighted by Gasteiger charge is 2.17. The Balaban J connectivity index is 2.31. The van der Waals surface area contributed by atoms with Gasteiger partial charge >= 0.3 is 0 Å². The maximum Gasteiger partial charge on any atom is 0.137 e. The summed E-state index contributed by atoms with van der Waals surface area (Å²) in [6.07, 6.45) is 4.21. The second kappa shape index (κ2) is 1.52. The van der Waals surface area contributed by atoms with Gasteiger partial charge in [-0.25, -0.2) is 0 Å². The summed E-state index contributed by atoms with van der Waals surface area (Å²) in [7, 11) is 0. The number of amidine groups is 1. The molecule has 0 fully saturated rings. The highest BCUT2D eigenvalue weighted by Crippen LogP contribution is 2.19. The van der Waals surface area contributed by atoms with E-state index in [9.17, 15) is 0 Å². The molecule has 0 aliphatic carbocycles. The van der Waals surface area contributed by atoms with Gasteiger partial charge in [-0.15, -0.1) is 0 Å². The first kappa shape index (κ1) is 4.44. The van der Waals surface area contributed by atoms with Gasteiger partial charge in [0.1, 0.15) is 5.84 Å². The van der Waals surface area contributed by atoms with Crippen molar-refractivity contribution in [3.05, 3.63) is 12.2 Å². The van der Waals surface area contributed by atoms with Gasteiger partial charge in [0.15, 0.2) is 0 Å². The average Bonchev–Trinajstić information content (AvgIpc) is 2.15. The van der Waals surface area contributed by atoms with Gasteiger partial charge in [-0.3, -0.25) is 0 Å². The molecule has 0 aromatic carbocycles. The van der Waals surface area contributed by atoms with E-state index in [1.54, 1.807) is 11.9 Å². The zero-order chi connectivity index (χ0) is 5.40. The predicted octanol–water partition coefficient (Wildman–Crippen LogP) is 0.876. The Labute approximate surface area is 52.4 Å². The molecular formula is C5H6N2S. The van der Waals surface area contributed by atoms with Crippen molar-refractivity contribution in [2.45, 2.75) is 0 Å². The third-order valence-electron chi connectivity index (χ3n) is 1.29. The minimum atomic E-state index is 1.04. The van der Waals surface area contributed by atoms with Crippen LogP contribution in [0.1, 0.15) is 0 Å². The maximum absolute atomic E-state index is 4.17. The molecule has 8 heavy (non-hydrogen) atoms. The van der Waals surface area contributed by atoms with Crippen LogP contribution in [0.5, 0.6) is 0 Å². The normalized spacial score (nSPS) is 24.0. The van der Waals surface area contributed by atoms with Crippen molar-refractivity contribution < 1.29 is 0 Å². The van der Waals surface area contributed by atoms with Crippen LogP contribution >= 0.6 is 11.9 Å². The molecule has 42 valence electrons. The van der Waals surface area contributed by atoms with E-state index in [1.807, 2.05) is 0 Å². The molecule has 0 radical (unpaired) electrons. The molecule has 0 aromatic heterocycles. The van der Waals surface area contributed by atoms with Gasteiger partial charge in [-0.05, 0) is 18.0 Å². The molecule has 0 N–H and O–H groups in total. The Bertz CT molecular complexity index is 162. The minimum absolute atomic E-state index is 1.04. The summed E-state index contributed by atoms with van der Waals surface area (Å²) in [5.41, 5.74) is 0. The van der Waals surface area contributed by atoms with Crippen molar-refractivity contribution in [3.8, 4) is 0 Å². The second-order valence-corrected chi connectivity index (χ2v) is 2.53. The van der Waals surface area contributed by atoms with Crippen LogP contribution in [0.4, 0.5) is 0 Å². The number of fused-ring (bicyclic) bond motifs is 1. The lowest BCUT2D eigenvalue weighted by molar-refractivity contribution is 0.572. The summed E-state index contributed by atoms with van der Waals surface area (Å²) >= 11 is 1.63. The largest absolute Gasteiger partial charge is 0.341 e. The fraction of sp³-hybridized carbons (Fsp3) is 0.400. The molecule has 0 bridgehead atoms. The molecule has 2 rings (SSSR count). The fourth-order valence-corrected chi connectivity index (χ4v) is 1.60. The first-order chi connectivity index (χ1) is 3.97. The van der Waals surface area contributed by atoms with E-state index in [0.717, 1.165) is 18.3 Å². The van der Waals surface area contributed by atoms with Crippen LogP contribution in [0.3, 0.4) is 0 Å². The molecule has 2 heterocycles. The monoisotopic (exact) mass is 126 g/mol. The van der Waals surface area contributed by atoms with Crippen LogP contribution in [0.15, 0.2) is 16.5 Å². The molecule has 2 aliphatic rings. The van der Waals surface area contributed by atoms with Gasteiger partial charge in [0.25, 0.3) is 0 Å². The molecule has 0 aromatic rings. The summed E-state index contributed by atoms with van der Waals surface area (Å²) < 4.78 is 4.17. The molecule has 0 spiro atoms. The fourth-order valence-electron chi connectivity index (χ4n) is 0.856. The lowest BCUT2D eigenvalue weighted by atomic mass is 10.6. The Morgan fingerprint density at radius 3 is 3.62 bits per heavy atom. The first-order valence-corrected chi connectivity index (χ1v) is 3.52. The third kappa shape index (κ3) is 0.478. The molecule has 0 saturated heterocycles. The van der Waals surface area contributed by atoms with Gasteiger partial charge in [-0.2, -0.15) is 4.40 Å². The maximum atomic E-state index is 4.17. The van der Waals surface area contributed by atoms with E-state index < -0.39 is 0 Å². The van der Waals surface area contributed by atoms with Crippen LogP contribution in [0, 0.1) is 0 Å². The summed E-state index contributed by atoms with van der Waals surface area (Å²) in [5.74, 6) is 2.19. The van der Waals surface area contributed by atoms with Gasteiger partial charge in [0.05, 0.1) is 5.88 Å². The van der Waals surface area contributed by atoms with E-state index in [2.05, 4.69) is 21.4 Å². The van der Waals surface area contributed by atoms with Gasteiger partial charge < -0.3 is 4.90 Å². The quantitative estimate of drug-likeness (QED) is 0.448. The molecule has 0 saturated carbocycles. The average molecular weight is 126 g/mol. The van der Waals surface area contributed by atoms with Gasteiger partial charge in [0.2, 0.25) is 0 Å². The SMILES string of the molecule is C1=CC2=NSCN2C1. The summed E-state index contributed by atoms with van der Waals surface area (Å²) in [6, 6.07) is 0. The third-order valence-corrected chi connectivity index (χ3v) is 2.03. The smallest absolute Gasteiger partial charge is 0.137 e. The molecule has 0 atom stereocenters. The number of rotatable bonds is 0. The Hall–Kier alpha value is -0.440. The van der Waals surface area contributed by atoms with Crippen LogP contribution < -0.4 is 0 Å². The van der Waals surface area contributed by atoms with E-state index in [-0.39, 0.29) is 0 Å². The van der Waals surface area contributed by atoms with E-state index in [1.165, 1.54) is 0 Å². The Morgan fingerprint density at radius 2 is 2.75 bits per heavy atom. The zero-order valence-corrected chi connectivity index (χ0v) is 5.19. The van der Waals surface area contributed by atoms with Crippen molar-refractivity contribution in [3.63, 3.8) is 0 Å². The standard InChI is InChI=1S/C5H6N2S/c1-2-5-6-8-4-7(5)3-1/h1-2H,3-4H2. The molecule has 2 aliphatic heterocycles. The van der Waals surface area contributed by atoms with Gasteiger partial charge in [0, 0.05) is 6.54 Å². The molecule has 0 amide bonds. The van der Waals surface area contributed by atoms with Crippen LogP contribution in [0.2, 0.25) is 0 Å². The summed E-state index contributed by atoms with van der Waals surface area (Å²) in [6.45, 7) is 1.06. The first-order valence-electron chi connectivity index (χ1n) is 2.58. The second-order valence-electron chi connectivity index (χ2n) is 1.83. The lowest BCUT2D eigenvalue weighted by Crippen LogP contribution is -2.19. The zero-order valence-electron chi connectivity index (χ0n) is 4.37. The summed E-state index contributed by atoms with van der Waals surface area (Å²) in [4.78, 5) is 2.24. The van der Waals surface area contributed by atoms with Crippen molar-refractivity contribution in [2.24, 2.45) is 4.40 Å². The number of hydrogen-bond acceptors (Lipinski definition) is 3. The molecule has 0 unspecified atom stereocenters. The van der Waals surface area contributed by atoms with Gasteiger partial charge in [-0.1, -0.05) is 6.08 Å². The Kier molecular flexibility index (Phi) is 0.842. The van der Waals surface area contributed by atoms with Crippen molar-refractivity contribution in [1.82, 2.24) is 4.90 Å². The van der Waals surface area contributed by atoms with Crippen molar-refractivity contribution in [1.29, 1.82) is 0 Å². The lowest BCUT2D eigenvalue weighted by Gasteiger charge is -2.07. The molecular weight excluding hydrogens is 120 g/mol. The molecule has 3 heteroatoms. The summed E-state index contributed by atoms with van der Waals surface area (Å²) in [5, 5.41) is 0. The van der Waals surface area contributed by atoms with Crippen LogP contribution in [-0.2, 0) is 0 Å². The van der Waals surface area contributed by atoms with Crippen LogP contribution in [0.25, 0.3) is 0 Å². The van der Waals surface area contributed by atoms with E-state index >= 15 is 0 Å². The topological polar surface area (TPSA) is 15.6 Å². The number of nitrogens with zero attached hydrogens (tertiary/aromatic N) is 2. The Morgan fingerprint density at radius 1 is 1.75 bits per heavy atom.